The number of hydrogen-bond donors (Lipinski definition) is 3. The Bertz CT molecular complexity index is 639. The van der Waals surface area contributed by atoms with Gasteiger partial charge in [0.05, 0.1) is 21.1 Å². The third kappa shape index (κ3) is 3.12. The van der Waals surface area contributed by atoms with Crippen molar-refractivity contribution in [3.05, 3.63) is 28.8 Å². The maximum absolute atomic E-state index is 12.0. The largest absolute Gasteiger partial charge is 0.478 e. The zero-order chi connectivity index (χ0) is 15.0. The van der Waals surface area contributed by atoms with Crippen LogP contribution in [-0.2, 0) is 10.0 Å². The van der Waals surface area contributed by atoms with Crippen molar-refractivity contribution in [2.24, 2.45) is 0 Å². The first-order valence-electron chi connectivity index (χ1n) is 5.98. The number of aliphatic hydroxyl groups is 1. The van der Waals surface area contributed by atoms with Crippen LogP contribution in [0.2, 0.25) is 5.02 Å². The Morgan fingerprint density at radius 2 is 2.05 bits per heavy atom. The molecule has 0 saturated heterocycles. The van der Waals surface area contributed by atoms with E-state index in [1.165, 1.54) is 6.07 Å². The molecule has 2 rings (SSSR count). The molecule has 1 aliphatic carbocycles. The summed E-state index contributed by atoms with van der Waals surface area (Å²) in [4.78, 5) is 10.7. The fourth-order valence-corrected chi connectivity index (χ4v) is 3.38. The molecule has 0 aliphatic heterocycles. The Morgan fingerprint density at radius 3 is 2.50 bits per heavy atom. The molecule has 0 bridgehead atoms. The molecular weight excluding hydrogens is 306 g/mol. The van der Waals surface area contributed by atoms with Gasteiger partial charge in [0.25, 0.3) is 0 Å². The van der Waals surface area contributed by atoms with Crippen molar-refractivity contribution in [2.75, 3.05) is 6.54 Å². The van der Waals surface area contributed by atoms with Crippen LogP contribution in [0.5, 0.6) is 0 Å². The van der Waals surface area contributed by atoms with Crippen LogP contribution in [0.3, 0.4) is 0 Å². The molecule has 0 heterocycles. The lowest BCUT2D eigenvalue weighted by Gasteiger charge is -2.36. The number of nitrogens with one attached hydrogen (secondary N) is 1. The second kappa shape index (κ2) is 5.33. The molecular formula is C12H14ClNO5S. The lowest BCUT2D eigenvalue weighted by molar-refractivity contribution is -0.0270. The van der Waals surface area contributed by atoms with Crippen molar-refractivity contribution in [3.8, 4) is 0 Å². The van der Waals surface area contributed by atoms with Crippen molar-refractivity contribution in [1.29, 1.82) is 0 Å². The van der Waals surface area contributed by atoms with Crippen LogP contribution in [0.1, 0.15) is 29.6 Å². The molecule has 1 fully saturated rings. The van der Waals surface area contributed by atoms with Crippen LogP contribution < -0.4 is 4.72 Å². The molecule has 110 valence electrons. The second-order valence-corrected chi connectivity index (χ2v) is 7.02. The SMILES string of the molecule is O=C(O)c1ccc(S(=O)(=O)NCC2(O)CCC2)cc1Cl. The summed E-state index contributed by atoms with van der Waals surface area (Å²) in [6.07, 6.45) is 2.00. The highest BCUT2D eigenvalue weighted by Gasteiger charge is 2.35. The van der Waals surface area contributed by atoms with E-state index in [-0.39, 0.29) is 22.0 Å². The van der Waals surface area contributed by atoms with Gasteiger partial charge in [0.15, 0.2) is 0 Å². The molecule has 0 atom stereocenters. The second-order valence-electron chi connectivity index (χ2n) is 4.85. The number of benzene rings is 1. The molecule has 0 aromatic heterocycles. The first-order chi connectivity index (χ1) is 9.23. The van der Waals surface area contributed by atoms with Crippen molar-refractivity contribution < 1.29 is 23.4 Å². The van der Waals surface area contributed by atoms with Crippen LogP contribution in [0.25, 0.3) is 0 Å². The summed E-state index contributed by atoms with van der Waals surface area (Å²) in [5.41, 5.74) is -1.14. The summed E-state index contributed by atoms with van der Waals surface area (Å²) < 4.78 is 26.4. The lowest BCUT2D eigenvalue weighted by atomic mass is 9.81. The zero-order valence-corrected chi connectivity index (χ0v) is 12.0. The van der Waals surface area contributed by atoms with E-state index in [1.54, 1.807) is 0 Å². The third-order valence-electron chi connectivity index (χ3n) is 3.36. The molecule has 3 N–H and O–H groups in total. The smallest absolute Gasteiger partial charge is 0.337 e. The summed E-state index contributed by atoms with van der Waals surface area (Å²) in [5, 5.41) is 18.5. The van der Waals surface area contributed by atoms with Gasteiger partial charge in [-0.15, -0.1) is 0 Å². The summed E-state index contributed by atoms with van der Waals surface area (Å²) in [5.74, 6) is -1.23. The van der Waals surface area contributed by atoms with Crippen LogP contribution in [-0.4, -0.2) is 36.7 Å². The molecule has 1 aliphatic rings. The van der Waals surface area contributed by atoms with Crippen LogP contribution in [0.15, 0.2) is 23.1 Å². The highest BCUT2D eigenvalue weighted by atomic mass is 35.5. The standard InChI is InChI=1S/C12H14ClNO5S/c13-10-6-8(2-3-9(10)11(15)16)20(18,19)14-7-12(17)4-1-5-12/h2-3,6,14,17H,1,4-5,7H2,(H,15,16). The third-order valence-corrected chi connectivity index (χ3v) is 5.07. The number of carbonyl (C=O) groups is 1. The molecule has 0 radical (unpaired) electrons. The Hall–Kier alpha value is -1.15. The number of sulfonamides is 1. The Morgan fingerprint density at radius 1 is 1.40 bits per heavy atom. The first kappa shape index (κ1) is 15.2. The van der Waals surface area contributed by atoms with Crippen molar-refractivity contribution in [3.63, 3.8) is 0 Å². The summed E-state index contributed by atoms with van der Waals surface area (Å²) in [6, 6.07) is 3.39. The molecule has 1 aromatic carbocycles. The normalized spacial score (nSPS) is 17.5. The highest BCUT2D eigenvalue weighted by molar-refractivity contribution is 7.89. The van der Waals surface area contributed by atoms with E-state index in [9.17, 15) is 18.3 Å². The average molecular weight is 320 g/mol. The summed E-state index contributed by atoms with van der Waals surface area (Å²) in [7, 11) is -3.82. The van der Waals surface area contributed by atoms with Gasteiger partial charge in [0, 0.05) is 6.54 Å². The minimum absolute atomic E-state index is 0.0619. The molecule has 8 heteroatoms. The fourth-order valence-electron chi connectivity index (χ4n) is 1.91. The van der Waals surface area contributed by atoms with Gasteiger partial charge in [0.2, 0.25) is 10.0 Å². The van der Waals surface area contributed by atoms with Gasteiger partial charge in [-0.25, -0.2) is 17.9 Å². The average Bonchev–Trinajstić information content (AvgIpc) is 2.33. The molecule has 1 aromatic rings. The van der Waals surface area contributed by atoms with Crippen molar-refractivity contribution >= 4 is 27.6 Å². The monoisotopic (exact) mass is 319 g/mol. The number of carboxylic acids is 1. The van der Waals surface area contributed by atoms with E-state index >= 15 is 0 Å². The van der Waals surface area contributed by atoms with E-state index in [0.29, 0.717) is 12.8 Å². The predicted octanol–water partition coefficient (Wildman–Crippen LogP) is 1.23. The minimum atomic E-state index is -3.82. The van der Waals surface area contributed by atoms with E-state index in [2.05, 4.69) is 4.72 Å². The van der Waals surface area contributed by atoms with Crippen molar-refractivity contribution in [1.82, 2.24) is 4.72 Å². The summed E-state index contributed by atoms with van der Waals surface area (Å²) >= 11 is 5.74. The van der Waals surface area contributed by atoms with Gasteiger partial charge in [0.1, 0.15) is 0 Å². The van der Waals surface area contributed by atoms with Gasteiger partial charge < -0.3 is 10.2 Å². The Kier molecular flexibility index (Phi) is 4.06. The quantitative estimate of drug-likeness (QED) is 0.757. The summed E-state index contributed by atoms with van der Waals surface area (Å²) in [6.45, 7) is -0.0619. The van der Waals surface area contributed by atoms with E-state index < -0.39 is 21.6 Å². The van der Waals surface area contributed by atoms with Gasteiger partial charge in [-0.05, 0) is 37.5 Å². The van der Waals surface area contributed by atoms with Crippen LogP contribution in [0.4, 0.5) is 0 Å². The number of aromatic carboxylic acids is 1. The van der Waals surface area contributed by atoms with Crippen LogP contribution in [0, 0.1) is 0 Å². The molecule has 0 unspecified atom stereocenters. The lowest BCUT2D eigenvalue weighted by Crippen LogP contribution is -2.47. The maximum atomic E-state index is 12.0. The number of rotatable bonds is 5. The highest BCUT2D eigenvalue weighted by Crippen LogP contribution is 2.31. The van der Waals surface area contributed by atoms with Crippen LogP contribution >= 0.6 is 11.6 Å². The van der Waals surface area contributed by atoms with E-state index in [4.69, 9.17) is 16.7 Å². The minimum Gasteiger partial charge on any atom is -0.478 e. The number of hydrogen-bond acceptors (Lipinski definition) is 4. The number of halogens is 1. The topological polar surface area (TPSA) is 104 Å². The molecule has 1 saturated carbocycles. The molecule has 0 spiro atoms. The van der Waals surface area contributed by atoms with Gasteiger partial charge in [-0.3, -0.25) is 0 Å². The molecule has 0 amide bonds. The van der Waals surface area contributed by atoms with Gasteiger partial charge in [-0.2, -0.15) is 0 Å². The molecule has 6 nitrogen and oxygen atoms in total. The Balaban J connectivity index is 2.17. The zero-order valence-electron chi connectivity index (χ0n) is 10.5. The first-order valence-corrected chi connectivity index (χ1v) is 7.85. The van der Waals surface area contributed by atoms with E-state index in [1.807, 2.05) is 0 Å². The van der Waals surface area contributed by atoms with Crippen molar-refractivity contribution in [2.45, 2.75) is 29.8 Å². The molecule has 20 heavy (non-hydrogen) atoms. The van der Waals surface area contributed by atoms with E-state index in [0.717, 1.165) is 18.6 Å². The fraction of sp³-hybridized carbons (Fsp3) is 0.417. The van der Waals surface area contributed by atoms with Gasteiger partial charge in [-0.1, -0.05) is 11.6 Å². The Labute approximate surface area is 121 Å². The predicted molar refractivity (Wildman–Crippen MR) is 72.4 cm³/mol. The maximum Gasteiger partial charge on any atom is 0.337 e. The van der Waals surface area contributed by atoms with Gasteiger partial charge >= 0.3 is 5.97 Å². The number of carboxylic acid groups (broad SMARTS) is 1.